The molecule has 0 aliphatic carbocycles. The van der Waals surface area contributed by atoms with Gasteiger partial charge in [0.15, 0.2) is 11.6 Å². The summed E-state index contributed by atoms with van der Waals surface area (Å²) in [5.74, 6) is 1.37. The van der Waals surface area contributed by atoms with Crippen LogP contribution < -0.4 is 0 Å². The highest BCUT2D eigenvalue weighted by Crippen LogP contribution is 2.45. The van der Waals surface area contributed by atoms with Gasteiger partial charge in [-0.25, -0.2) is 29.9 Å². The zero-order valence-corrected chi connectivity index (χ0v) is 57.5. The van der Waals surface area contributed by atoms with E-state index in [2.05, 4.69) is 349 Å². The Morgan fingerprint density at radius 1 is 0.179 bits per heavy atom. The number of benzene rings is 14. The molecule has 0 spiro atoms. The number of para-hydroxylation sites is 6. The third-order valence-electron chi connectivity index (χ3n) is 20.0. The summed E-state index contributed by atoms with van der Waals surface area (Å²) >= 11 is 0. The minimum Gasteiger partial charge on any atom is -0.308 e. The van der Waals surface area contributed by atoms with E-state index in [0.717, 1.165) is 161 Å². The van der Waals surface area contributed by atoms with Crippen molar-refractivity contribution in [2.24, 2.45) is 0 Å². The smallest absolute Gasteiger partial charge is 0.160 e. The first-order valence-corrected chi connectivity index (χ1v) is 35.7. The molecule has 0 saturated heterocycles. The van der Waals surface area contributed by atoms with E-state index in [1.165, 1.54) is 16.3 Å². The number of nitrogens with zero attached hydrogens (tertiary/aromatic N) is 8. The Balaban J connectivity index is 0.000000145. The molecule has 0 N–H and O–H groups in total. The summed E-state index contributed by atoms with van der Waals surface area (Å²) in [6, 6.07) is 135. The second-order valence-corrected chi connectivity index (χ2v) is 26.5. The van der Waals surface area contributed by atoms with Crippen molar-refractivity contribution in [3.8, 4) is 124 Å². The third-order valence-corrected chi connectivity index (χ3v) is 20.0. The van der Waals surface area contributed by atoms with Crippen molar-refractivity contribution >= 4 is 65.4 Å². The van der Waals surface area contributed by atoms with Crippen LogP contribution in [0.5, 0.6) is 0 Å². The van der Waals surface area contributed by atoms with Crippen molar-refractivity contribution in [3.05, 3.63) is 388 Å². The number of hydrogen-bond donors (Lipinski definition) is 0. The summed E-state index contributed by atoms with van der Waals surface area (Å²) in [6.07, 6.45) is 0. The Kier molecular flexibility index (Phi) is 16.1. The first kappa shape index (κ1) is 62.6. The Hall–Kier alpha value is -14.3. The molecule has 0 saturated carbocycles. The lowest BCUT2D eigenvalue weighted by molar-refractivity contribution is 1.18. The van der Waals surface area contributed by atoms with Crippen LogP contribution >= 0.6 is 0 Å². The fourth-order valence-corrected chi connectivity index (χ4v) is 15.0. The van der Waals surface area contributed by atoms with E-state index >= 15 is 0 Å². The first-order chi connectivity index (χ1) is 52.6. The second kappa shape index (κ2) is 27.2. The van der Waals surface area contributed by atoms with Crippen LogP contribution in [0.25, 0.3) is 189 Å². The monoisotopic (exact) mass is 1350 g/mol. The van der Waals surface area contributed by atoms with Crippen molar-refractivity contribution in [1.82, 2.24) is 39.0 Å². The zero-order chi connectivity index (χ0) is 70.3. The molecule has 0 aliphatic rings. The molecule has 496 valence electrons. The van der Waals surface area contributed by atoms with Gasteiger partial charge in [0.2, 0.25) is 0 Å². The molecule has 6 aromatic heterocycles. The van der Waals surface area contributed by atoms with E-state index in [1.54, 1.807) is 0 Å². The van der Waals surface area contributed by atoms with Crippen LogP contribution in [-0.2, 0) is 0 Å². The molecular weight excluding hydrogens is 1290 g/mol. The molecule has 106 heavy (non-hydrogen) atoms. The van der Waals surface area contributed by atoms with E-state index in [9.17, 15) is 0 Å². The SMILES string of the molecule is c1ccc(-c2cccc(-c3cc(-c4ccccc4)nc(-c4ccc(-c5nc6ccccc6c6c5c5ccccc5n6-c5ccccc5)cc4)n3)c2)cc1.c1ccc(-c2cccc(-c3nc(-c4ccccc4)cc(-c4ccc(-c5nc6ccccc6c6c5c5ccccc5n6-c5ccccc5)cc4)n3)c2)cc1. The van der Waals surface area contributed by atoms with Crippen molar-refractivity contribution in [2.75, 3.05) is 0 Å². The molecule has 8 heteroatoms. The summed E-state index contributed by atoms with van der Waals surface area (Å²) in [7, 11) is 0. The van der Waals surface area contributed by atoms with Crippen molar-refractivity contribution in [1.29, 1.82) is 0 Å². The highest BCUT2D eigenvalue weighted by molar-refractivity contribution is 6.24. The predicted octanol–water partition coefficient (Wildman–Crippen LogP) is 24.9. The molecule has 0 bridgehead atoms. The minimum atomic E-state index is 0.676. The highest BCUT2D eigenvalue weighted by Gasteiger charge is 2.24. The molecule has 0 unspecified atom stereocenters. The standard InChI is InChI=1S/2C49H32N4/c1-4-15-33(16-5-1)37-19-14-20-38(31-37)44-32-43(34-17-6-2-7-18-34)51-49(52-44)36-29-27-35(28-30-36)47-46-41-24-11-13-26-45(41)53(39-21-8-3-9-22-39)48(46)40-23-10-12-25-42(40)50-47;1-4-15-33(16-5-1)37-19-14-20-38(31-37)49-51-43(34-17-6-2-7-18-34)32-44(52-49)35-27-29-36(30-28-35)47-46-41-24-11-13-26-45(41)53(39-21-8-3-9-22-39)48(46)40-23-10-12-25-42(40)50-47/h2*1-32H. The van der Waals surface area contributed by atoms with Crippen molar-refractivity contribution in [3.63, 3.8) is 0 Å². The van der Waals surface area contributed by atoms with Crippen molar-refractivity contribution in [2.45, 2.75) is 0 Å². The van der Waals surface area contributed by atoms with Gasteiger partial charge < -0.3 is 9.13 Å². The molecule has 20 rings (SSSR count). The first-order valence-electron chi connectivity index (χ1n) is 35.7. The maximum absolute atomic E-state index is 5.33. The van der Waals surface area contributed by atoms with Crippen LogP contribution in [0.15, 0.2) is 388 Å². The largest absolute Gasteiger partial charge is 0.308 e. The maximum Gasteiger partial charge on any atom is 0.160 e. The lowest BCUT2D eigenvalue weighted by Gasteiger charge is -2.12. The number of aromatic nitrogens is 8. The van der Waals surface area contributed by atoms with Crippen LogP contribution in [0.4, 0.5) is 0 Å². The van der Waals surface area contributed by atoms with Crippen molar-refractivity contribution < 1.29 is 0 Å². The van der Waals surface area contributed by atoms with E-state index in [0.29, 0.717) is 11.6 Å². The second-order valence-electron chi connectivity index (χ2n) is 26.5. The maximum atomic E-state index is 5.33. The van der Waals surface area contributed by atoms with Crippen LogP contribution in [-0.4, -0.2) is 39.0 Å². The molecule has 0 atom stereocenters. The molecule has 20 aromatic rings. The normalized spacial score (nSPS) is 11.4. The van der Waals surface area contributed by atoms with Crippen LogP contribution in [0.2, 0.25) is 0 Å². The fraction of sp³-hybridized carbons (Fsp3) is 0. The summed E-state index contributed by atoms with van der Waals surface area (Å²) in [5.41, 5.74) is 27.0. The number of hydrogen-bond acceptors (Lipinski definition) is 6. The molecule has 0 aliphatic heterocycles. The number of fused-ring (bicyclic) bond motifs is 10. The van der Waals surface area contributed by atoms with Gasteiger partial charge in [-0.05, 0) is 95.1 Å². The summed E-state index contributed by atoms with van der Waals surface area (Å²) in [6.45, 7) is 0. The Morgan fingerprint density at radius 3 is 0.906 bits per heavy atom. The van der Waals surface area contributed by atoms with Gasteiger partial charge in [0.25, 0.3) is 0 Å². The summed E-state index contributed by atoms with van der Waals surface area (Å²) in [4.78, 5) is 31.2. The van der Waals surface area contributed by atoms with Gasteiger partial charge in [-0.3, -0.25) is 0 Å². The Labute approximate surface area is 612 Å². The lowest BCUT2D eigenvalue weighted by atomic mass is 10.00. The van der Waals surface area contributed by atoms with Crippen LogP contribution in [0.1, 0.15) is 0 Å². The quantitative estimate of drug-likeness (QED) is 0.121. The average Bonchev–Trinajstić information content (AvgIpc) is 1.56. The lowest BCUT2D eigenvalue weighted by Crippen LogP contribution is -1.97. The molecule has 0 radical (unpaired) electrons. The van der Waals surface area contributed by atoms with Crippen LogP contribution in [0.3, 0.4) is 0 Å². The zero-order valence-electron chi connectivity index (χ0n) is 57.5. The van der Waals surface area contributed by atoms with E-state index in [4.69, 9.17) is 29.9 Å². The van der Waals surface area contributed by atoms with Crippen LogP contribution in [0, 0.1) is 0 Å². The van der Waals surface area contributed by atoms with E-state index < -0.39 is 0 Å². The fourth-order valence-electron chi connectivity index (χ4n) is 15.0. The molecule has 6 heterocycles. The molecular formula is C98H64N8. The molecule has 14 aromatic carbocycles. The topological polar surface area (TPSA) is 87.2 Å². The van der Waals surface area contributed by atoms with Gasteiger partial charge in [-0.1, -0.05) is 315 Å². The third kappa shape index (κ3) is 11.7. The van der Waals surface area contributed by atoms with E-state index in [-0.39, 0.29) is 0 Å². The molecule has 8 nitrogen and oxygen atoms in total. The Bertz CT molecular complexity index is 6240. The van der Waals surface area contributed by atoms with Gasteiger partial charge in [0, 0.05) is 88.2 Å². The van der Waals surface area contributed by atoms with E-state index in [1.807, 2.05) is 48.5 Å². The average molecular weight is 1350 g/mol. The number of rotatable bonds is 12. The molecule has 0 fully saturated rings. The van der Waals surface area contributed by atoms with Gasteiger partial charge >= 0.3 is 0 Å². The summed E-state index contributed by atoms with van der Waals surface area (Å²) in [5, 5.41) is 6.88. The predicted molar refractivity (Wildman–Crippen MR) is 438 cm³/mol. The highest BCUT2D eigenvalue weighted by atomic mass is 15.0. The van der Waals surface area contributed by atoms with Gasteiger partial charge in [0.05, 0.1) is 67.3 Å². The van der Waals surface area contributed by atoms with Gasteiger partial charge in [-0.2, -0.15) is 0 Å². The summed E-state index contributed by atoms with van der Waals surface area (Å²) < 4.78 is 4.76. The van der Waals surface area contributed by atoms with Gasteiger partial charge in [0.1, 0.15) is 0 Å². The van der Waals surface area contributed by atoms with Gasteiger partial charge in [-0.15, -0.1) is 0 Å². The number of pyridine rings is 2. The minimum absolute atomic E-state index is 0.676. The molecule has 0 amide bonds. The Morgan fingerprint density at radius 2 is 0.472 bits per heavy atom.